The zero-order valence-electron chi connectivity index (χ0n) is 27.8. The summed E-state index contributed by atoms with van der Waals surface area (Å²) in [6.45, 7) is 3.69. The van der Waals surface area contributed by atoms with Gasteiger partial charge in [-0.1, -0.05) is 42.8 Å². The van der Waals surface area contributed by atoms with Crippen LogP contribution in [0.1, 0.15) is 39.9 Å². The summed E-state index contributed by atoms with van der Waals surface area (Å²) in [5, 5.41) is 26.2. The molecule has 1 fully saturated rings. The fraction of sp³-hybridized carbons (Fsp3) is 0.294. The summed E-state index contributed by atoms with van der Waals surface area (Å²) >= 11 is 6.11. The quantitative estimate of drug-likeness (QED) is 0.234. The van der Waals surface area contributed by atoms with Gasteiger partial charge < -0.3 is 24.8 Å². The number of alkyl halides is 3. The first-order valence-electron chi connectivity index (χ1n) is 16.0. The lowest BCUT2D eigenvalue weighted by Gasteiger charge is -2.36. The van der Waals surface area contributed by atoms with Crippen molar-refractivity contribution in [2.45, 2.75) is 39.4 Å². The number of carbonyl (C=O) groups is 2. The highest BCUT2D eigenvalue weighted by Gasteiger charge is 2.32. The summed E-state index contributed by atoms with van der Waals surface area (Å²) in [4.78, 5) is 56.7. The van der Waals surface area contributed by atoms with Crippen molar-refractivity contribution in [1.29, 1.82) is 5.26 Å². The number of rotatable bonds is 8. The average Bonchev–Trinajstić information content (AvgIpc) is 3.57. The molecule has 268 valence electrons. The Morgan fingerprint density at radius 1 is 1.08 bits per heavy atom. The molecule has 5 aromatic rings. The minimum absolute atomic E-state index is 0.0405. The number of piperazine rings is 1. The predicted molar refractivity (Wildman–Crippen MR) is 183 cm³/mol. The number of nitriles is 1. The van der Waals surface area contributed by atoms with Crippen LogP contribution in [0.2, 0.25) is 5.02 Å². The van der Waals surface area contributed by atoms with Crippen LogP contribution in [0, 0.1) is 18.3 Å². The van der Waals surface area contributed by atoms with Crippen molar-refractivity contribution in [2.24, 2.45) is 0 Å². The van der Waals surface area contributed by atoms with Crippen LogP contribution in [-0.2, 0) is 30.4 Å². The number of hydrogen-bond donors (Lipinski definition) is 2. The molecule has 0 spiro atoms. The minimum atomic E-state index is -4.63. The maximum absolute atomic E-state index is 14.2. The van der Waals surface area contributed by atoms with Gasteiger partial charge in [0, 0.05) is 31.7 Å². The van der Waals surface area contributed by atoms with E-state index in [2.05, 4.69) is 31.4 Å². The third-order valence-electron chi connectivity index (χ3n) is 8.62. The SMILES string of the molecule is CCc1c(N2CCN(C(=O)c3ncnc(C)c3O)CC2)c(=O)n2nc(-c3ccc(CC#N)cc3)nc2n1CC(=O)Nc1ccc(C(F)(F)F)cc1Cl. The van der Waals surface area contributed by atoms with Crippen LogP contribution in [-0.4, -0.2) is 77.1 Å². The molecule has 3 aromatic heterocycles. The van der Waals surface area contributed by atoms with E-state index in [9.17, 15) is 32.7 Å². The summed E-state index contributed by atoms with van der Waals surface area (Å²) in [5.41, 5.74) is 0.569. The second-order valence-electron chi connectivity index (χ2n) is 11.9. The Bertz CT molecular complexity index is 2290. The molecule has 4 heterocycles. The van der Waals surface area contributed by atoms with Gasteiger partial charge in [0.1, 0.15) is 18.6 Å². The molecule has 52 heavy (non-hydrogen) atoms. The normalized spacial score (nSPS) is 13.3. The van der Waals surface area contributed by atoms with Crippen molar-refractivity contribution in [3.8, 4) is 23.2 Å². The van der Waals surface area contributed by atoms with E-state index in [1.54, 1.807) is 43.0 Å². The largest absolute Gasteiger partial charge is 0.504 e. The molecule has 0 radical (unpaired) electrons. The molecule has 2 N–H and O–H groups in total. The molecular formula is C34H30ClF3N10O4. The Morgan fingerprint density at radius 3 is 2.42 bits per heavy atom. The van der Waals surface area contributed by atoms with Gasteiger partial charge in [-0.2, -0.15) is 27.9 Å². The van der Waals surface area contributed by atoms with Crippen LogP contribution in [0.5, 0.6) is 5.75 Å². The molecule has 0 aliphatic carbocycles. The number of aromatic hydroxyl groups is 1. The zero-order chi connectivity index (χ0) is 37.3. The minimum Gasteiger partial charge on any atom is -0.504 e. The first kappa shape index (κ1) is 35.8. The maximum atomic E-state index is 14.2. The molecule has 2 amide bonds. The van der Waals surface area contributed by atoms with Crippen molar-refractivity contribution < 1.29 is 27.9 Å². The van der Waals surface area contributed by atoms with Gasteiger partial charge in [0.2, 0.25) is 11.7 Å². The zero-order valence-corrected chi connectivity index (χ0v) is 28.5. The molecule has 2 aromatic carbocycles. The number of benzene rings is 2. The molecule has 1 aliphatic heterocycles. The van der Waals surface area contributed by atoms with Gasteiger partial charge in [-0.3, -0.25) is 14.4 Å². The van der Waals surface area contributed by atoms with Gasteiger partial charge in [0.05, 0.1) is 40.2 Å². The van der Waals surface area contributed by atoms with Gasteiger partial charge in [0.15, 0.2) is 17.3 Å². The van der Waals surface area contributed by atoms with Crippen LogP contribution < -0.4 is 15.8 Å². The third kappa shape index (κ3) is 6.97. The number of nitrogens with one attached hydrogen (secondary N) is 1. The van der Waals surface area contributed by atoms with Crippen LogP contribution in [0.25, 0.3) is 17.2 Å². The van der Waals surface area contributed by atoms with Crippen LogP contribution in [0.3, 0.4) is 0 Å². The number of nitrogens with zero attached hydrogens (tertiary/aromatic N) is 9. The van der Waals surface area contributed by atoms with Gasteiger partial charge in [-0.15, -0.1) is 5.10 Å². The van der Waals surface area contributed by atoms with E-state index in [4.69, 9.17) is 16.9 Å². The fourth-order valence-electron chi connectivity index (χ4n) is 5.95. The molecule has 1 saturated heterocycles. The summed E-state index contributed by atoms with van der Waals surface area (Å²) < 4.78 is 42.2. The molecule has 18 heteroatoms. The topological polar surface area (TPSA) is 175 Å². The highest BCUT2D eigenvalue weighted by Crippen LogP contribution is 2.34. The number of amides is 2. The highest BCUT2D eigenvalue weighted by atomic mass is 35.5. The fourth-order valence-corrected chi connectivity index (χ4v) is 6.17. The summed E-state index contributed by atoms with van der Waals surface area (Å²) in [5.74, 6) is -1.25. The third-order valence-corrected chi connectivity index (χ3v) is 8.93. The molecular weight excluding hydrogens is 705 g/mol. The van der Waals surface area contributed by atoms with Crippen molar-refractivity contribution in [3.63, 3.8) is 0 Å². The second kappa shape index (κ2) is 14.3. The van der Waals surface area contributed by atoms with E-state index in [1.807, 2.05) is 0 Å². The molecule has 1 aliphatic rings. The van der Waals surface area contributed by atoms with E-state index in [0.717, 1.165) is 22.2 Å². The molecule has 14 nitrogen and oxygen atoms in total. The lowest BCUT2D eigenvalue weighted by Crippen LogP contribution is -2.51. The van der Waals surface area contributed by atoms with Crippen LogP contribution in [0.15, 0.2) is 53.6 Å². The highest BCUT2D eigenvalue weighted by molar-refractivity contribution is 6.33. The monoisotopic (exact) mass is 734 g/mol. The van der Waals surface area contributed by atoms with Crippen molar-refractivity contribution in [3.05, 3.63) is 92.4 Å². The van der Waals surface area contributed by atoms with E-state index >= 15 is 0 Å². The number of halogens is 4. The summed E-state index contributed by atoms with van der Waals surface area (Å²) in [6.07, 6.45) is -2.98. The molecule has 0 bridgehead atoms. The van der Waals surface area contributed by atoms with Crippen LogP contribution in [0.4, 0.5) is 24.5 Å². The van der Waals surface area contributed by atoms with E-state index in [0.29, 0.717) is 17.3 Å². The number of anilines is 2. The number of hydrogen-bond acceptors (Lipinski definition) is 10. The predicted octanol–water partition coefficient (Wildman–Crippen LogP) is 4.26. The maximum Gasteiger partial charge on any atom is 0.416 e. The van der Waals surface area contributed by atoms with Crippen molar-refractivity contribution in [2.75, 3.05) is 36.4 Å². The van der Waals surface area contributed by atoms with Gasteiger partial charge in [-0.05, 0) is 37.1 Å². The van der Waals surface area contributed by atoms with Gasteiger partial charge in [-0.25, -0.2) is 9.97 Å². The Hall–Kier alpha value is -6.02. The smallest absolute Gasteiger partial charge is 0.416 e. The summed E-state index contributed by atoms with van der Waals surface area (Å²) in [6, 6.07) is 11.6. The average molecular weight is 735 g/mol. The number of fused-ring (bicyclic) bond motifs is 1. The summed E-state index contributed by atoms with van der Waals surface area (Å²) in [7, 11) is 0. The second-order valence-corrected chi connectivity index (χ2v) is 12.3. The first-order valence-corrected chi connectivity index (χ1v) is 16.4. The van der Waals surface area contributed by atoms with Gasteiger partial charge in [0.25, 0.3) is 11.5 Å². The standard InChI is InChI=1S/C34H30ClF3N10O4/c1-3-25-28(45-12-14-46(15-13-45)31(51)27-29(50)19(2)40-18-41-27)32(52)48-33(43-30(44-48)21-6-4-20(5-7-21)10-11-39)47(25)17-26(49)42-24-9-8-22(16-23(24)35)34(36,37)38/h4-9,16,18,50H,3,10,12-15,17H2,1-2H3,(H,42,49). The number of aryl methyl sites for hydroxylation is 1. The van der Waals surface area contributed by atoms with Crippen LogP contribution >= 0.6 is 11.6 Å². The Morgan fingerprint density at radius 2 is 1.79 bits per heavy atom. The molecule has 0 saturated carbocycles. The Kier molecular flexibility index (Phi) is 9.85. The van der Waals surface area contributed by atoms with E-state index < -0.39 is 35.7 Å². The van der Waals surface area contributed by atoms with Crippen molar-refractivity contribution in [1.82, 2.24) is 34.0 Å². The first-order chi connectivity index (χ1) is 24.8. The lowest BCUT2D eigenvalue weighted by atomic mass is 10.1. The van der Waals surface area contributed by atoms with Gasteiger partial charge >= 0.3 is 6.18 Å². The van der Waals surface area contributed by atoms with Crippen molar-refractivity contribution >= 4 is 40.6 Å². The lowest BCUT2D eigenvalue weighted by molar-refractivity contribution is -0.137. The number of carbonyl (C=O) groups excluding carboxylic acids is 2. The van der Waals surface area contributed by atoms with E-state index in [-0.39, 0.29) is 84.2 Å². The number of aromatic nitrogens is 6. The molecule has 6 rings (SSSR count). The Labute approximate surface area is 298 Å². The molecule has 0 unspecified atom stereocenters. The molecule has 0 atom stereocenters. The Balaban J connectivity index is 1.37. The van der Waals surface area contributed by atoms with E-state index in [1.165, 1.54) is 15.8 Å².